The van der Waals surface area contributed by atoms with E-state index in [4.69, 9.17) is 0 Å². The lowest BCUT2D eigenvalue weighted by molar-refractivity contribution is 0.0696. The second kappa shape index (κ2) is 7.75. The summed E-state index contributed by atoms with van der Waals surface area (Å²) in [6.45, 7) is 7.82. The third-order valence-electron chi connectivity index (χ3n) is 4.84. The first-order chi connectivity index (χ1) is 13.7. The largest absolute Gasteiger partial charge is 0.478 e. The number of carboxylic acid groups (broad SMARTS) is 2. The minimum atomic E-state index is -1.17. The predicted octanol–water partition coefficient (Wildman–Crippen LogP) is 4.86. The van der Waals surface area contributed by atoms with Crippen molar-refractivity contribution in [1.82, 2.24) is 4.57 Å². The highest BCUT2D eigenvalue weighted by atomic mass is 16.4. The van der Waals surface area contributed by atoms with E-state index < -0.39 is 11.9 Å². The summed E-state index contributed by atoms with van der Waals surface area (Å²) in [5.74, 6) is -2.35. The highest BCUT2D eigenvalue weighted by Crippen LogP contribution is 2.24. The first-order valence-corrected chi connectivity index (χ1v) is 9.09. The van der Waals surface area contributed by atoms with Gasteiger partial charge in [0.25, 0.3) is 0 Å². The van der Waals surface area contributed by atoms with Crippen LogP contribution in [0.4, 0.5) is 5.69 Å². The Labute approximate surface area is 168 Å². The summed E-state index contributed by atoms with van der Waals surface area (Å²) >= 11 is 0. The average molecular weight is 390 g/mol. The van der Waals surface area contributed by atoms with Crippen LogP contribution in [-0.2, 0) is 0 Å². The quantitative estimate of drug-likeness (QED) is 0.609. The fraction of sp³-hybridized carbons (Fsp3) is 0.174. The Morgan fingerprint density at radius 3 is 2.07 bits per heavy atom. The molecule has 3 rings (SSSR count). The molecule has 6 heteroatoms. The van der Waals surface area contributed by atoms with Crippen molar-refractivity contribution in [3.05, 3.63) is 81.7 Å². The molecule has 0 fully saturated rings. The molecular weight excluding hydrogens is 368 g/mol. The molecule has 2 N–H and O–H groups in total. The molecule has 0 atom stereocenters. The van der Waals surface area contributed by atoms with Gasteiger partial charge in [0, 0.05) is 28.9 Å². The van der Waals surface area contributed by atoms with Gasteiger partial charge in [-0.1, -0.05) is 17.7 Å². The van der Waals surface area contributed by atoms with Gasteiger partial charge in [-0.05, 0) is 63.6 Å². The zero-order valence-corrected chi connectivity index (χ0v) is 16.7. The van der Waals surface area contributed by atoms with Gasteiger partial charge in [0.15, 0.2) is 0 Å². The molecule has 0 aliphatic heterocycles. The number of hydrogen-bond acceptors (Lipinski definition) is 3. The number of aromatic nitrogens is 1. The number of hydrogen-bond donors (Lipinski definition) is 2. The maximum absolute atomic E-state index is 11.4. The van der Waals surface area contributed by atoms with Crippen molar-refractivity contribution >= 4 is 23.8 Å². The molecule has 148 valence electrons. The maximum atomic E-state index is 11.4. The minimum Gasteiger partial charge on any atom is -0.478 e. The van der Waals surface area contributed by atoms with E-state index in [2.05, 4.69) is 11.1 Å². The third kappa shape index (κ3) is 4.11. The van der Waals surface area contributed by atoms with Crippen LogP contribution in [0.5, 0.6) is 0 Å². The van der Waals surface area contributed by atoms with Crippen LogP contribution >= 0.6 is 0 Å². The minimum absolute atomic E-state index is 0.0714. The number of nitrogens with zero attached hydrogens (tertiary/aromatic N) is 2. The fourth-order valence-electron chi connectivity index (χ4n) is 3.39. The van der Waals surface area contributed by atoms with Crippen molar-refractivity contribution in [1.29, 1.82) is 0 Å². The van der Waals surface area contributed by atoms with Gasteiger partial charge in [-0.15, -0.1) is 0 Å². The van der Waals surface area contributed by atoms with E-state index in [1.165, 1.54) is 17.7 Å². The summed E-state index contributed by atoms with van der Waals surface area (Å²) in [6, 6.07) is 12.1. The van der Waals surface area contributed by atoms with E-state index >= 15 is 0 Å². The van der Waals surface area contributed by atoms with Gasteiger partial charge in [-0.3, -0.25) is 4.99 Å². The van der Waals surface area contributed by atoms with Gasteiger partial charge in [0.2, 0.25) is 0 Å². The van der Waals surface area contributed by atoms with Crippen molar-refractivity contribution in [3.8, 4) is 5.69 Å². The van der Waals surface area contributed by atoms with Crippen molar-refractivity contribution in [2.75, 3.05) is 0 Å². The lowest BCUT2D eigenvalue weighted by atomic mass is 10.1. The number of aryl methyl sites for hydroxylation is 3. The normalized spacial score (nSPS) is 11.2. The van der Waals surface area contributed by atoms with Gasteiger partial charge in [-0.25, -0.2) is 9.59 Å². The van der Waals surface area contributed by atoms with Crippen molar-refractivity contribution in [3.63, 3.8) is 0 Å². The number of carbonyl (C=O) groups is 2. The van der Waals surface area contributed by atoms with E-state index in [1.807, 2.05) is 50.5 Å². The van der Waals surface area contributed by atoms with Gasteiger partial charge in [0.1, 0.15) is 0 Å². The average Bonchev–Trinajstić information content (AvgIpc) is 2.94. The smallest absolute Gasteiger partial charge is 0.335 e. The number of rotatable bonds is 5. The van der Waals surface area contributed by atoms with Crippen LogP contribution in [0.25, 0.3) is 5.69 Å². The number of aliphatic imine (C=N–C) groups is 1. The molecule has 3 aromatic rings. The summed E-state index contributed by atoms with van der Waals surface area (Å²) < 4.78 is 1.84. The van der Waals surface area contributed by atoms with Gasteiger partial charge in [0.05, 0.1) is 16.8 Å². The molecule has 29 heavy (non-hydrogen) atoms. The Morgan fingerprint density at radius 1 is 0.897 bits per heavy atom. The molecule has 6 nitrogen and oxygen atoms in total. The van der Waals surface area contributed by atoms with Crippen LogP contribution in [0.1, 0.15) is 48.8 Å². The van der Waals surface area contributed by atoms with Crippen LogP contribution in [0.2, 0.25) is 0 Å². The third-order valence-corrected chi connectivity index (χ3v) is 4.84. The van der Waals surface area contributed by atoms with Crippen LogP contribution in [0, 0.1) is 27.7 Å². The fourth-order valence-corrected chi connectivity index (χ4v) is 3.39. The van der Waals surface area contributed by atoms with E-state index in [0.29, 0.717) is 5.69 Å². The standard InChI is InChI=1S/C23H22N2O4/c1-13-5-6-21(14(2)7-13)24-12-19-8-15(3)25(16(19)4)20-10-17(22(26)27)9-18(11-20)23(28)29/h5-12H,1-4H3,(H,26,27)(H,28,29). The molecule has 0 radical (unpaired) electrons. The molecule has 0 unspecified atom stereocenters. The molecular formula is C23H22N2O4. The lowest BCUT2D eigenvalue weighted by Crippen LogP contribution is -2.07. The van der Waals surface area contributed by atoms with E-state index in [-0.39, 0.29) is 11.1 Å². The summed E-state index contributed by atoms with van der Waals surface area (Å²) in [5, 5.41) is 18.7. The summed E-state index contributed by atoms with van der Waals surface area (Å²) in [5.41, 5.74) is 6.04. The molecule has 1 heterocycles. The molecule has 0 saturated heterocycles. The molecule has 0 spiro atoms. The van der Waals surface area contributed by atoms with Crippen LogP contribution < -0.4 is 0 Å². The molecule has 0 aliphatic carbocycles. The van der Waals surface area contributed by atoms with Crippen molar-refractivity contribution in [2.24, 2.45) is 4.99 Å². The Hall–Kier alpha value is -3.67. The van der Waals surface area contributed by atoms with E-state index in [0.717, 1.165) is 34.3 Å². The molecule has 0 bridgehead atoms. The van der Waals surface area contributed by atoms with Gasteiger partial charge < -0.3 is 14.8 Å². The zero-order valence-electron chi connectivity index (χ0n) is 16.7. The predicted molar refractivity (Wildman–Crippen MR) is 112 cm³/mol. The van der Waals surface area contributed by atoms with Crippen molar-refractivity contribution < 1.29 is 19.8 Å². The second-order valence-corrected chi connectivity index (χ2v) is 7.09. The first-order valence-electron chi connectivity index (χ1n) is 9.09. The van der Waals surface area contributed by atoms with Crippen molar-refractivity contribution in [2.45, 2.75) is 27.7 Å². The van der Waals surface area contributed by atoms with E-state index in [1.54, 1.807) is 6.21 Å². The first kappa shape index (κ1) is 20.1. The topological polar surface area (TPSA) is 91.9 Å². The van der Waals surface area contributed by atoms with Crippen LogP contribution in [0.15, 0.2) is 47.5 Å². The highest BCUT2D eigenvalue weighted by molar-refractivity contribution is 5.95. The molecule has 0 aliphatic rings. The summed E-state index contributed by atoms with van der Waals surface area (Å²) in [6.07, 6.45) is 1.77. The Bertz CT molecular complexity index is 1120. The molecule has 2 aromatic carbocycles. The van der Waals surface area contributed by atoms with Gasteiger partial charge in [-0.2, -0.15) is 0 Å². The van der Waals surface area contributed by atoms with Crippen LogP contribution in [0.3, 0.4) is 0 Å². The van der Waals surface area contributed by atoms with E-state index in [9.17, 15) is 19.8 Å². The lowest BCUT2D eigenvalue weighted by Gasteiger charge is -2.12. The Morgan fingerprint density at radius 2 is 1.52 bits per heavy atom. The van der Waals surface area contributed by atoms with Gasteiger partial charge >= 0.3 is 11.9 Å². The SMILES string of the molecule is Cc1ccc(N=Cc2cc(C)n(-c3cc(C(=O)O)cc(C(=O)O)c3)c2C)c(C)c1. The number of aromatic carboxylic acids is 2. The Balaban J connectivity index is 2.07. The number of carboxylic acids is 2. The summed E-state index contributed by atoms with van der Waals surface area (Å²) in [4.78, 5) is 27.4. The summed E-state index contributed by atoms with van der Waals surface area (Å²) in [7, 11) is 0. The number of benzene rings is 2. The van der Waals surface area contributed by atoms with Crippen LogP contribution in [-0.4, -0.2) is 32.9 Å². The molecule has 0 saturated carbocycles. The maximum Gasteiger partial charge on any atom is 0.335 e. The molecule has 0 amide bonds. The zero-order chi connectivity index (χ0) is 21.3. The molecule has 1 aromatic heterocycles. The highest BCUT2D eigenvalue weighted by Gasteiger charge is 2.16. The second-order valence-electron chi connectivity index (χ2n) is 7.09. The monoisotopic (exact) mass is 390 g/mol. The Kier molecular flexibility index (Phi) is 5.37.